The number of hydrogen-bond donors (Lipinski definition) is 3. The molecule has 1 amide bonds. The highest BCUT2D eigenvalue weighted by molar-refractivity contribution is 5.76. The third-order valence-electron chi connectivity index (χ3n) is 17.2. The number of rotatable bonds is 69. The normalized spacial score (nSPS) is 12.7. The van der Waals surface area contributed by atoms with Crippen LogP contribution in [0.2, 0.25) is 0 Å². The highest BCUT2D eigenvalue weighted by Gasteiger charge is 2.20. The minimum atomic E-state index is -0.661. The van der Waals surface area contributed by atoms with E-state index in [0.717, 1.165) is 51.4 Å². The number of esters is 1. The monoisotopic (exact) mass is 1140 g/mol. The number of allylic oxidation sites excluding steroid dienone is 6. The van der Waals surface area contributed by atoms with E-state index in [4.69, 9.17) is 4.74 Å². The summed E-state index contributed by atoms with van der Waals surface area (Å²) in [5, 5.41) is 23.2. The van der Waals surface area contributed by atoms with Gasteiger partial charge >= 0.3 is 5.97 Å². The first kappa shape index (κ1) is 79.1. The van der Waals surface area contributed by atoms with Crippen LogP contribution in [0.15, 0.2) is 36.5 Å². The van der Waals surface area contributed by atoms with Crippen molar-refractivity contribution < 1.29 is 24.5 Å². The highest BCUT2D eigenvalue weighted by Crippen LogP contribution is 2.19. The lowest BCUT2D eigenvalue weighted by atomic mass is 10.0. The second-order valence-corrected chi connectivity index (χ2v) is 25.3. The summed E-state index contributed by atoms with van der Waals surface area (Å²) in [7, 11) is 0. The van der Waals surface area contributed by atoms with Crippen molar-refractivity contribution in [3.63, 3.8) is 0 Å². The molecule has 2 unspecified atom stereocenters. The molecule has 0 bridgehead atoms. The number of ether oxygens (including phenoxy) is 1. The Labute approximate surface area is 506 Å². The molecule has 2 atom stereocenters. The number of carbonyl (C=O) groups excluding carboxylic acids is 2. The zero-order chi connectivity index (χ0) is 58.5. The van der Waals surface area contributed by atoms with Gasteiger partial charge in [-0.3, -0.25) is 9.59 Å². The van der Waals surface area contributed by atoms with Gasteiger partial charge in [-0.15, -0.1) is 0 Å². The molecule has 6 nitrogen and oxygen atoms in total. The lowest BCUT2D eigenvalue weighted by molar-refractivity contribution is -0.143. The molecule has 0 fully saturated rings. The smallest absolute Gasteiger partial charge is 0.305 e. The first-order valence-electron chi connectivity index (χ1n) is 36.7. The largest absolute Gasteiger partial charge is 0.466 e. The molecule has 3 N–H and O–H groups in total. The minimum Gasteiger partial charge on any atom is -0.466 e. The molecule has 0 aromatic carbocycles. The van der Waals surface area contributed by atoms with Gasteiger partial charge in [0.25, 0.3) is 0 Å². The molecular formula is C75H143NO5. The van der Waals surface area contributed by atoms with Gasteiger partial charge in [0.2, 0.25) is 5.91 Å². The summed E-state index contributed by atoms with van der Waals surface area (Å²) >= 11 is 0. The lowest BCUT2D eigenvalue weighted by Gasteiger charge is -2.22. The maximum atomic E-state index is 12.5. The molecule has 0 aliphatic carbocycles. The van der Waals surface area contributed by atoms with E-state index in [1.54, 1.807) is 0 Å². The first-order chi connectivity index (χ1) is 40.0. The Balaban J connectivity index is 3.34. The molecule has 0 aromatic rings. The molecule has 81 heavy (non-hydrogen) atoms. The predicted octanol–water partition coefficient (Wildman–Crippen LogP) is 23.9. The van der Waals surface area contributed by atoms with E-state index in [-0.39, 0.29) is 18.5 Å². The molecule has 0 spiro atoms. The van der Waals surface area contributed by atoms with Crippen LogP contribution in [-0.2, 0) is 14.3 Å². The van der Waals surface area contributed by atoms with E-state index < -0.39 is 12.1 Å². The van der Waals surface area contributed by atoms with Crippen LogP contribution in [0.3, 0.4) is 0 Å². The third kappa shape index (κ3) is 67.1. The highest BCUT2D eigenvalue weighted by atomic mass is 16.5. The summed E-state index contributed by atoms with van der Waals surface area (Å²) in [5.41, 5.74) is 0. The van der Waals surface area contributed by atoms with Gasteiger partial charge in [-0.2, -0.15) is 0 Å². The third-order valence-corrected chi connectivity index (χ3v) is 17.2. The molecule has 6 heteroatoms. The fourth-order valence-corrected chi connectivity index (χ4v) is 11.6. The summed E-state index contributed by atoms with van der Waals surface area (Å²) in [6, 6.07) is -0.538. The Morgan fingerprint density at radius 3 is 0.951 bits per heavy atom. The average Bonchev–Trinajstić information content (AvgIpc) is 3.47. The maximum absolute atomic E-state index is 12.5. The van der Waals surface area contributed by atoms with Crippen molar-refractivity contribution in [1.82, 2.24) is 5.32 Å². The van der Waals surface area contributed by atoms with Crippen LogP contribution in [0.5, 0.6) is 0 Å². The summed E-state index contributed by atoms with van der Waals surface area (Å²) in [6.45, 7) is 4.97. The van der Waals surface area contributed by atoms with Crippen molar-refractivity contribution in [3.05, 3.63) is 36.5 Å². The van der Waals surface area contributed by atoms with Crippen LogP contribution >= 0.6 is 0 Å². The van der Waals surface area contributed by atoms with Crippen LogP contribution in [0, 0.1) is 0 Å². The molecular weight excluding hydrogens is 995 g/mol. The van der Waals surface area contributed by atoms with E-state index in [9.17, 15) is 19.8 Å². The van der Waals surface area contributed by atoms with Gasteiger partial charge in [-0.1, -0.05) is 346 Å². The van der Waals surface area contributed by atoms with Gasteiger partial charge in [0.1, 0.15) is 0 Å². The number of unbranched alkanes of at least 4 members (excludes halogenated alkanes) is 52. The molecule has 0 aliphatic rings. The Morgan fingerprint density at radius 1 is 0.346 bits per heavy atom. The summed E-state index contributed by atoms with van der Waals surface area (Å²) < 4.78 is 5.50. The predicted molar refractivity (Wildman–Crippen MR) is 356 cm³/mol. The van der Waals surface area contributed by atoms with Gasteiger partial charge in [0.15, 0.2) is 0 Å². The number of hydrogen-bond acceptors (Lipinski definition) is 5. The number of aliphatic hydroxyl groups is 2. The summed E-state index contributed by atoms with van der Waals surface area (Å²) in [5.74, 6) is -0.0198. The molecule has 0 rings (SSSR count). The zero-order valence-electron chi connectivity index (χ0n) is 54.8. The Kier molecular flexibility index (Phi) is 68.9. The molecule has 0 aliphatic heterocycles. The van der Waals surface area contributed by atoms with Crippen molar-refractivity contribution in [1.29, 1.82) is 0 Å². The van der Waals surface area contributed by atoms with Crippen LogP contribution in [0.25, 0.3) is 0 Å². The second kappa shape index (κ2) is 70.6. The molecule has 0 aromatic heterocycles. The van der Waals surface area contributed by atoms with E-state index in [2.05, 4.69) is 55.6 Å². The molecule has 0 saturated heterocycles. The number of aliphatic hydroxyl groups excluding tert-OH is 2. The average molecular weight is 1140 g/mol. The molecule has 0 heterocycles. The standard InChI is InChI=1S/C75H143NO5/c1-3-5-7-9-11-13-15-16-17-42-45-49-53-57-61-65-69-75(80)81-70-66-62-58-54-50-46-43-40-38-36-34-32-30-28-26-24-22-20-18-19-21-23-25-27-29-31-33-35-37-39-41-44-48-52-56-60-64-68-74(79)76-72(71-77)73(78)67-63-59-55-51-47-14-12-10-8-6-4-2/h17-18,20,24,26,42,72-73,77-78H,3-16,19,21-23,25,27-41,43-71H2,1-2H3,(H,76,79)/b20-18-,26-24-,42-17-. The van der Waals surface area contributed by atoms with E-state index in [1.165, 1.54) is 321 Å². The van der Waals surface area contributed by atoms with Crippen molar-refractivity contribution in [3.8, 4) is 0 Å². The second-order valence-electron chi connectivity index (χ2n) is 25.3. The minimum absolute atomic E-state index is 0.0118. The van der Waals surface area contributed by atoms with Gasteiger partial charge in [0, 0.05) is 12.8 Å². The van der Waals surface area contributed by atoms with Crippen LogP contribution in [-0.4, -0.2) is 47.4 Å². The summed E-state index contributed by atoms with van der Waals surface area (Å²) in [4.78, 5) is 24.5. The zero-order valence-corrected chi connectivity index (χ0v) is 54.8. The van der Waals surface area contributed by atoms with Gasteiger partial charge < -0.3 is 20.3 Å². The number of amides is 1. The first-order valence-corrected chi connectivity index (χ1v) is 36.7. The SMILES string of the molecule is CCCCCCCCC/C=C\CCCCCCCC(=O)OCCCCCCCCCCCCCCC/C=C\C/C=C\CCCCCCCCCCCCCCCCCCCC(=O)NC(CO)C(O)CCCCCCCCCCCCC. The van der Waals surface area contributed by atoms with Gasteiger partial charge in [-0.05, 0) is 83.5 Å². The van der Waals surface area contributed by atoms with Crippen molar-refractivity contribution in [2.45, 2.75) is 418 Å². The Morgan fingerprint density at radius 2 is 0.617 bits per heavy atom. The van der Waals surface area contributed by atoms with E-state index in [0.29, 0.717) is 25.9 Å². The number of carbonyl (C=O) groups is 2. The summed E-state index contributed by atoms with van der Waals surface area (Å²) in [6.07, 6.45) is 90.8. The van der Waals surface area contributed by atoms with E-state index in [1.807, 2.05) is 0 Å². The lowest BCUT2D eigenvalue weighted by Crippen LogP contribution is -2.45. The van der Waals surface area contributed by atoms with Crippen LogP contribution < -0.4 is 5.32 Å². The van der Waals surface area contributed by atoms with Gasteiger partial charge in [0.05, 0.1) is 25.4 Å². The van der Waals surface area contributed by atoms with Gasteiger partial charge in [-0.25, -0.2) is 0 Å². The van der Waals surface area contributed by atoms with Crippen molar-refractivity contribution >= 4 is 11.9 Å². The molecule has 0 saturated carbocycles. The van der Waals surface area contributed by atoms with Crippen molar-refractivity contribution in [2.75, 3.05) is 13.2 Å². The Hall–Kier alpha value is -1.92. The maximum Gasteiger partial charge on any atom is 0.305 e. The fraction of sp³-hybridized carbons (Fsp3) is 0.893. The number of nitrogens with one attached hydrogen (secondary N) is 1. The fourth-order valence-electron chi connectivity index (χ4n) is 11.6. The quantitative estimate of drug-likeness (QED) is 0.0320. The van der Waals surface area contributed by atoms with Crippen LogP contribution in [0.1, 0.15) is 406 Å². The topological polar surface area (TPSA) is 95.9 Å². The molecule has 478 valence electrons. The van der Waals surface area contributed by atoms with Crippen LogP contribution in [0.4, 0.5) is 0 Å². The van der Waals surface area contributed by atoms with Crippen molar-refractivity contribution in [2.24, 2.45) is 0 Å². The Bertz CT molecular complexity index is 1310. The molecule has 0 radical (unpaired) electrons. The van der Waals surface area contributed by atoms with E-state index >= 15 is 0 Å².